The van der Waals surface area contributed by atoms with Crippen LogP contribution in [0.4, 0.5) is 0 Å². The van der Waals surface area contributed by atoms with Gasteiger partial charge in [0.05, 0.1) is 0 Å². The van der Waals surface area contributed by atoms with Crippen LogP contribution in [0.3, 0.4) is 0 Å². The first kappa shape index (κ1) is 25.4. The van der Waals surface area contributed by atoms with Gasteiger partial charge in [-0.05, 0) is 32.1 Å². The fourth-order valence-corrected chi connectivity index (χ4v) is 2.85. The Morgan fingerprint density at radius 3 is 1.74 bits per heavy atom. The van der Waals surface area contributed by atoms with Gasteiger partial charge < -0.3 is 4.89 Å². The van der Waals surface area contributed by atoms with Crippen LogP contribution < -0.4 is 0 Å². The molecule has 0 aromatic carbocycles. The summed E-state index contributed by atoms with van der Waals surface area (Å²) >= 11 is 0. The van der Waals surface area contributed by atoms with Crippen molar-refractivity contribution in [3.63, 3.8) is 0 Å². The van der Waals surface area contributed by atoms with Crippen LogP contribution in [0.2, 0.25) is 0 Å². The van der Waals surface area contributed by atoms with Crippen LogP contribution in [0.15, 0.2) is 12.2 Å². The summed E-state index contributed by atoms with van der Waals surface area (Å²) in [6.45, 7) is 2.25. The second kappa shape index (κ2) is 20.2. The van der Waals surface area contributed by atoms with Crippen LogP contribution in [-0.4, -0.2) is 10.4 Å². The molecule has 0 aromatic heterocycles. The topological polar surface area (TPSA) is 54.4 Å². The molecule has 1 unspecified atom stereocenters. The molecule has 5 heteroatoms. The predicted molar refractivity (Wildman–Crippen MR) is 95.7 cm³/mol. The van der Waals surface area contributed by atoms with E-state index in [9.17, 15) is 9.36 Å². The molecule has 0 heterocycles. The summed E-state index contributed by atoms with van der Waals surface area (Å²) in [5.41, 5.74) is -0.470. The zero-order chi connectivity index (χ0) is 16.5. The number of unbranched alkanes of at least 4 members (excludes halogenated alkanes) is 11. The van der Waals surface area contributed by atoms with Gasteiger partial charge in [0.15, 0.2) is 0 Å². The summed E-state index contributed by atoms with van der Waals surface area (Å²) in [6.07, 6.45) is 20.7. The Morgan fingerprint density at radius 2 is 1.26 bits per heavy atom. The van der Waals surface area contributed by atoms with Gasteiger partial charge in [-0.1, -0.05) is 70.4 Å². The van der Waals surface area contributed by atoms with Crippen LogP contribution in [0, 0.1) is 0 Å². The van der Waals surface area contributed by atoms with Crippen molar-refractivity contribution in [1.29, 1.82) is 0 Å². The monoisotopic (exact) mass is 382 g/mol. The van der Waals surface area contributed by atoms with Crippen LogP contribution in [0.1, 0.15) is 96.8 Å². The Labute approximate surface area is 154 Å². The third kappa shape index (κ3) is 20.1. The first-order valence-corrected chi connectivity index (χ1v) is 10.4. The smallest absolute Gasteiger partial charge is 0.252 e. The fourth-order valence-electron chi connectivity index (χ4n) is 2.46. The Morgan fingerprint density at radius 1 is 0.826 bits per heavy atom. The molecular weight excluding hydrogens is 347 g/mol. The van der Waals surface area contributed by atoms with E-state index in [4.69, 9.17) is 4.89 Å². The van der Waals surface area contributed by atoms with Crippen molar-refractivity contribution in [2.24, 2.45) is 0 Å². The molecule has 0 rings (SSSR count). The second-order valence-corrected chi connectivity index (χ2v) is 7.23. The minimum Gasteiger partial charge on any atom is -0.341 e. The molecule has 0 fully saturated rings. The van der Waals surface area contributed by atoms with Crippen molar-refractivity contribution in [3.8, 4) is 0 Å². The van der Waals surface area contributed by atoms with Crippen LogP contribution in [-0.2, 0) is 26.7 Å². The predicted octanol–water partition coefficient (Wildman–Crippen LogP) is 6.02. The largest absolute Gasteiger partial charge is 0.341 e. The van der Waals surface area contributed by atoms with Crippen molar-refractivity contribution in [1.82, 2.24) is 0 Å². The maximum Gasteiger partial charge on any atom is 0.252 e. The standard InChI is InChI=1S/C18H35O3P.Cr/c1-2-3-4-5-6-7-8-9-10-11-12-13-14-15-16-17-18(19)22(20)21;/h9-10,22H,2-8,11-17H2,1H3,(H,20,21);. The van der Waals surface area contributed by atoms with E-state index in [0.717, 1.165) is 25.7 Å². The Balaban J connectivity index is 0. The van der Waals surface area contributed by atoms with Crippen LogP contribution >= 0.6 is 8.03 Å². The van der Waals surface area contributed by atoms with E-state index < -0.39 is 13.6 Å². The van der Waals surface area contributed by atoms with Gasteiger partial charge in [0, 0.05) is 23.8 Å². The molecule has 3 nitrogen and oxygen atoms in total. The van der Waals surface area contributed by atoms with Gasteiger partial charge in [-0.3, -0.25) is 9.36 Å². The van der Waals surface area contributed by atoms with Gasteiger partial charge in [-0.2, -0.15) is 0 Å². The van der Waals surface area contributed by atoms with Gasteiger partial charge >= 0.3 is 0 Å². The van der Waals surface area contributed by atoms with E-state index in [1.165, 1.54) is 57.8 Å². The summed E-state index contributed by atoms with van der Waals surface area (Å²) in [5.74, 6) is 0. The molecule has 0 amide bonds. The molecule has 0 aliphatic heterocycles. The summed E-state index contributed by atoms with van der Waals surface area (Å²) in [5, 5.41) is 0. The summed E-state index contributed by atoms with van der Waals surface area (Å²) in [4.78, 5) is 19.6. The molecule has 0 aliphatic rings. The molecule has 0 aliphatic carbocycles. The third-order valence-corrected chi connectivity index (χ3v) is 4.63. The van der Waals surface area contributed by atoms with E-state index >= 15 is 0 Å². The molecule has 0 bridgehead atoms. The van der Waals surface area contributed by atoms with E-state index in [1.54, 1.807) is 0 Å². The molecule has 1 N–H and O–H groups in total. The first-order valence-electron chi connectivity index (χ1n) is 9.09. The Hall–Kier alpha value is 0.132. The van der Waals surface area contributed by atoms with Gasteiger partial charge in [-0.15, -0.1) is 0 Å². The SMILES string of the molecule is CCCCCCCCC=CCCCCCCCC(=O)[PH](=O)O.[Cr]. The Kier molecular flexibility index (Phi) is 22.3. The molecule has 0 radical (unpaired) electrons. The molecule has 0 spiro atoms. The van der Waals surface area contributed by atoms with E-state index in [-0.39, 0.29) is 23.8 Å². The number of carbonyl (C=O) groups excluding carboxylic acids is 1. The molecule has 23 heavy (non-hydrogen) atoms. The van der Waals surface area contributed by atoms with Gasteiger partial charge in [0.1, 0.15) is 0 Å². The van der Waals surface area contributed by atoms with E-state index in [0.29, 0.717) is 0 Å². The van der Waals surface area contributed by atoms with Crippen molar-refractivity contribution >= 4 is 13.6 Å². The first-order chi connectivity index (χ1) is 10.7. The summed E-state index contributed by atoms with van der Waals surface area (Å²) in [7, 11) is -2.93. The number of hydrogen-bond donors (Lipinski definition) is 1. The van der Waals surface area contributed by atoms with Crippen LogP contribution in [0.25, 0.3) is 0 Å². The zero-order valence-corrected chi connectivity index (χ0v) is 17.0. The number of hydrogen-bond acceptors (Lipinski definition) is 2. The van der Waals surface area contributed by atoms with Crippen LogP contribution in [0.5, 0.6) is 0 Å². The van der Waals surface area contributed by atoms with Gasteiger partial charge in [0.2, 0.25) is 5.52 Å². The Bertz CT molecular complexity index is 319. The van der Waals surface area contributed by atoms with Crippen molar-refractivity contribution in [3.05, 3.63) is 12.2 Å². The summed E-state index contributed by atoms with van der Waals surface area (Å²) in [6, 6.07) is 0. The molecular formula is C18H35CrO3P. The maximum absolute atomic E-state index is 11.0. The average Bonchev–Trinajstić information content (AvgIpc) is 2.50. The normalized spacial score (nSPS) is 12.3. The van der Waals surface area contributed by atoms with Gasteiger partial charge in [0.25, 0.3) is 8.03 Å². The number of allylic oxidation sites excluding steroid dienone is 2. The van der Waals surface area contributed by atoms with Gasteiger partial charge in [-0.25, -0.2) is 0 Å². The molecule has 0 saturated heterocycles. The maximum atomic E-state index is 11.0. The van der Waals surface area contributed by atoms with E-state index in [1.807, 2.05) is 0 Å². The average molecular weight is 382 g/mol. The third-order valence-electron chi connectivity index (χ3n) is 3.90. The summed E-state index contributed by atoms with van der Waals surface area (Å²) < 4.78 is 10.5. The minimum absolute atomic E-state index is 0. The molecule has 0 saturated carbocycles. The quantitative estimate of drug-likeness (QED) is 0.202. The molecule has 1 atom stereocenters. The molecule has 136 valence electrons. The van der Waals surface area contributed by atoms with E-state index in [2.05, 4.69) is 19.1 Å². The molecule has 0 aromatic rings. The second-order valence-electron chi connectivity index (χ2n) is 6.06. The van der Waals surface area contributed by atoms with Crippen molar-refractivity contribution < 1.29 is 31.6 Å². The minimum atomic E-state index is -2.93. The fraction of sp³-hybridized carbons (Fsp3) is 0.833. The van der Waals surface area contributed by atoms with Crippen molar-refractivity contribution in [2.45, 2.75) is 96.8 Å². The van der Waals surface area contributed by atoms with Crippen molar-refractivity contribution in [2.75, 3.05) is 0 Å². The number of rotatable bonds is 16. The zero-order valence-electron chi connectivity index (χ0n) is 14.7. The number of carbonyl (C=O) groups is 1.